The van der Waals surface area contributed by atoms with Gasteiger partial charge in [0, 0.05) is 18.7 Å². The molecule has 0 unspecified atom stereocenters. The Morgan fingerprint density at radius 1 is 0.879 bits per heavy atom. The van der Waals surface area contributed by atoms with Gasteiger partial charge in [-0.3, -0.25) is 24.2 Å². The van der Waals surface area contributed by atoms with E-state index in [4.69, 9.17) is 4.42 Å². The maximum atomic E-state index is 12.8. The van der Waals surface area contributed by atoms with E-state index in [9.17, 15) is 14.4 Å². The van der Waals surface area contributed by atoms with E-state index in [2.05, 4.69) is 22.3 Å². The maximum absolute atomic E-state index is 12.8. The molecular weight excluding hydrogens is 418 g/mol. The highest BCUT2D eigenvalue weighted by Gasteiger charge is 2.36. The van der Waals surface area contributed by atoms with Crippen molar-refractivity contribution in [1.29, 1.82) is 0 Å². The van der Waals surface area contributed by atoms with Crippen LogP contribution < -0.4 is 5.32 Å². The van der Waals surface area contributed by atoms with Gasteiger partial charge in [0.15, 0.2) is 0 Å². The second-order valence-electron chi connectivity index (χ2n) is 8.52. The number of nitrogens with one attached hydrogen (secondary N) is 1. The summed E-state index contributed by atoms with van der Waals surface area (Å²) in [6, 6.07) is 16.3. The van der Waals surface area contributed by atoms with Crippen LogP contribution in [0.25, 0.3) is 0 Å². The van der Waals surface area contributed by atoms with Crippen molar-refractivity contribution in [3.63, 3.8) is 0 Å². The molecule has 33 heavy (non-hydrogen) atoms. The molecule has 168 valence electrons. The smallest absolute Gasteiger partial charge is 0.261 e. The monoisotopic (exact) mass is 443 g/mol. The summed E-state index contributed by atoms with van der Waals surface area (Å²) in [6.45, 7) is 3.73. The first-order valence-corrected chi connectivity index (χ1v) is 11.2. The first kappa shape index (κ1) is 21.2. The van der Waals surface area contributed by atoms with Gasteiger partial charge in [-0.25, -0.2) is 0 Å². The Morgan fingerprint density at radius 2 is 1.61 bits per heavy atom. The maximum Gasteiger partial charge on any atom is 0.261 e. The van der Waals surface area contributed by atoms with Crippen molar-refractivity contribution in [2.75, 3.05) is 13.1 Å². The summed E-state index contributed by atoms with van der Waals surface area (Å²) in [5, 5.41) is 2.90. The van der Waals surface area contributed by atoms with Crippen LogP contribution in [0.5, 0.6) is 0 Å². The molecule has 0 spiro atoms. The Labute approximate surface area is 192 Å². The van der Waals surface area contributed by atoms with Crippen molar-refractivity contribution in [2.24, 2.45) is 0 Å². The summed E-state index contributed by atoms with van der Waals surface area (Å²) in [5.74, 6) is -0.570. The van der Waals surface area contributed by atoms with Gasteiger partial charge in [-0.1, -0.05) is 24.3 Å². The molecule has 3 heterocycles. The third-order valence-electron chi connectivity index (χ3n) is 6.21. The van der Waals surface area contributed by atoms with E-state index >= 15 is 0 Å². The Bertz CT molecular complexity index is 1180. The lowest BCUT2D eigenvalue weighted by Crippen LogP contribution is -2.28. The Morgan fingerprint density at radius 3 is 2.33 bits per heavy atom. The number of carbonyl (C=O) groups excluding carboxylic acids is 3. The minimum absolute atomic E-state index is 0.0641. The molecule has 1 saturated heterocycles. The summed E-state index contributed by atoms with van der Waals surface area (Å²) in [6.07, 6.45) is 4.04. The fourth-order valence-electron chi connectivity index (χ4n) is 4.38. The average Bonchev–Trinajstić information content (AvgIpc) is 3.58. The average molecular weight is 444 g/mol. The van der Waals surface area contributed by atoms with Crippen molar-refractivity contribution in [3.05, 3.63) is 94.4 Å². The number of nitrogens with zero attached hydrogens (tertiary/aromatic N) is 2. The molecule has 2 aromatic carbocycles. The zero-order valence-corrected chi connectivity index (χ0v) is 18.3. The zero-order valence-electron chi connectivity index (χ0n) is 18.3. The van der Waals surface area contributed by atoms with E-state index in [1.165, 1.54) is 30.7 Å². The Balaban J connectivity index is 1.21. The van der Waals surface area contributed by atoms with Gasteiger partial charge in [-0.15, -0.1) is 0 Å². The van der Waals surface area contributed by atoms with Crippen molar-refractivity contribution in [1.82, 2.24) is 15.1 Å². The molecule has 0 atom stereocenters. The fourth-order valence-corrected chi connectivity index (χ4v) is 4.38. The first-order valence-electron chi connectivity index (χ1n) is 11.2. The van der Waals surface area contributed by atoms with Gasteiger partial charge in [0.05, 0.1) is 23.9 Å². The molecule has 0 saturated carbocycles. The quantitative estimate of drug-likeness (QED) is 0.564. The van der Waals surface area contributed by atoms with E-state index < -0.39 is 5.91 Å². The summed E-state index contributed by atoms with van der Waals surface area (Å²) in [7, 11) is 0. The highest BCUT2D eigenvalue weighted by Crippen LogP contribution is 2.26. The molecule has 1 aromatic heterocycles. The number of rotatable bonds is 7. The van der Waals surface area contributed by atoms with Crippen LogP contribution in [0.15, 0.2) is 65.3 Å². The van der Waals surface area contributed by atoms with Gasteiger partial charge >= 0.3 is 0 Å². The van der Waals surface area contributed by atoms with E-state index in [-0.39, 0.29) is 23.9 Å². The molecular formula is C26H25N3O4. The van der Waals surface area contributed by atoms with Crippen molar-refractivity contribution in [2.45, 2.75) is 32.5 Å². The molecule has 0 aliphatic carbocycles. The second kappa shape index (κ2) is 9.03. The molecule has 7 heteroatoms. The number of fused-ring (bicyclic) bond motifs is 1. The van der Waals surface area contributed by atoms with Crippen molar-refractivity contribution < 1.29 is 18.8 Å². The molecule has 2 aliphatic rings. The lowest BCUT2D eigenvalue weighted by molar-refractivity contribution is 0.0631. The Hall–Kier alpha value is -3.71. The molecule has 3 aromatic rings. The third kappa shape index (κ3) is 4.45. The lowest BCUT2D eigenvalue weighted by atomic mass is 10.1. The predicted octanol–water partition coefficient (Wildman–Crippen LogP) is 3.60. The first-order chi connectivity index (χ1) is 16.1. The molecule has 3 amide bonds. The highest BCUT2D eigenvalue weighted by molar-refractivity contribution is 6.22. The Kier molecular flexibility index (Phi) is 5.79. The minimum atomic E-state index is -0.422. The molecule has 1 fully saturated rings. The van der Waals surface area contributed by atoms with Crippen LogP contribution in [0.4, 0.5) is 0 Å². The highest BCUT2D eigenvalue weighted by atomic mass is 16.3. The third-order valence-corrected chi connectivity index (χ3v) is 6.21. The largest absolute Gasteiger partial charge is 0.467 e. The van der Waals surface area contributed by atoms with Crippen LogP contribution in [0.2, 0.25) is 0 Å². The number of imide groups is 1. The second-order valence-corrected chi connectivity index (χ2v) is 8.52. The van der Waals surface area contributed by atoms with E-state index in [1.807, 2.05) is 12.1 Å². The van der Waals surface area contributed by atoms with Gasteiger partial charge in [0.2, 0.25) is 0 Å². The van der Waals surface area contributed by atoms with Crippen LogP contribution >= 0.6 is 0 Å². The zero-order chi connectivity index (χ0) is 22.8. The van der Waals surface area contributed by atoms with E-state index in [1.54, 1.807) is 24.3 Å². The summed E-state index contributed by atoms with van der Waals surface area (Å²) >= 11 is 0. The number of benzene rings is 2. The van der Waals surface area contributed by atoms with E-state index in [0.717, 1.165) is 30.1 Å². The molecule has 0 radical (unpaired) electrons. The van der Waals surface area contributed by atoms with Crippen LogP contribution in [0.3, 0.4) is 0 Å². The van der Waals surface area contributed by atoms with Crippen molar-refractivity contribution in [3.8, 4) is 0 Å². The SMILES string of the molecule is O=C(NCc1ccc(CN2CCCC2)cc1)c1ccc2c(c1)C(=O)N(Cc1ccco1)C2=O. The molecule has 2 aliphatic heterocycles. The van der Waals surface area contributed by atoms with Gasteiger partial charge in [-0.2, -0.15) is 0 Å². The van der Waals surface area contributed by atoms with Crippen LogP contribution in [-0.4, -0.2) is 40.6 Å². The minimum Gasteiger partial charge on any atom is -0.467 e. The number of likely N-dealkylation sites (tertiary alicyclic amines) is 1. The number of carbonyl (C=O) groups is 3. The number of hydrogen-bond acceptors (Lipinski definition) is 5. The topological polar surface area (TPSA) is 82.9 Å². The van der Waals surface area contributed by atoms with Crippen LogP contribution in [0.1, 0.15) is 60.8 Å². The fraction of sp³-hybridized carbons (Fsp3) is 0.269. The number of hydrogen-bond donors (Lipinski definition) is 1. The predicted molar refractivity (Wildman–Crippen MR) is 121 cm³/mol. The molecule has 7 nitrogen and oxygen atoms in total. The summed E-state index contributed by atoms with van der Waals surface area (Å²) in [4.78, 5) is 41.7. The van der Waals surface area contributed by atoms with Gasteiger partial charge in [0.1, 0.15) is 5.76 Å². The molecule has 1 N–H and O–H groups in total. The van der Waals surface area contributed by atoms with Gasteiger partial charge in [0.25, 0.3) is 17.7 Å². The number of amides is 3. The summed E-state index contributed by atoms with van der Waals surface area (Å²) < 4.78 is 5.25. The summed E-state index contributed by atoms with van der Waals surface area (Å²) in [5.41, 5.74) is 3.17. The van der Waals surface area contributed by atoms with Crippen LogP contribution in [0, 0.1) is 0 Å². The normalized spacial score (nSPS) is 15.8. The number of furan rings is 1. The van der Waals surface area contributed by atoms with Gasteiger partial charge in [-0.05, 0) is 67.4 Å². The lowest BCUT2D eigenvalue weighted by Gasteiger charge is -2.14. The van der Waals surface area contributed by atoms with Crippen molar-refractivity contribution >= 4 is 17.7 Å². The van der Waals surface area contributed by atoms with Crippen LogP contribution in [-0.2, 0) is 19.6 Å². The standard InChI is InChI=1S/C26H25N3O4/c30-24(27-15-18-5-7-19(8-6-18)16-28-11-1-2-12-28)20-9-10-22-23(14-20)26(32)29(25(22)31)17-21-4-3-13-33-21/h3-10,13-14H,1-2,11-12,15-17H2,(H,27,30). The molecule has 5 rings (SSSR count). The van der Waals surface area contributed by atoms with Gasteiger partial charge < -0.3 is 9.73 Å². The van der Waals surface area contributed by atoms with E-state index in [0.29, 0.717) is 23.4 Å². The molecule has 0 bridgehead atoms.